The van der Waals surface area contributed by atoms with Crippen molar-refractivity contribution in [2.24, 2.45) is 17.6 Å². The van der Waals surface area contributed by atoms with Gasteiger partial charge < -0.3 is 10.8 Å². The summed E-state index contributed by atoms with van der Waals surface area (Å²) >= 11 is 6.37. The number of carbonyl (C=O) groups excluding carboxylic acids is 1. The number of nitrogens with two attached hydrogens (primary N) is 1. The largest absolute Gasteiger partial charge is 0.393 e. The monoisotopic (exact) mass is 431 g/mol. The maximum Gasteiger partial charge on any atom is 0.241 e. The number of aliphatic hydroxyl groups is 1. The molecule has 3 N–H and O–H groups in total. The van der Waals surface area contributed by atoms with Crippen LogP contribution < -0.4 is 5.73 Å². The quantitative estimate of drug-likeness (QED) is 0.242. The normalized spacial score (nSPS) is 16.2. The van der Waals surface area contributed by atoms with Crippen LogP contribution in [0.3, 0.4) is 0 Å². The Bertz CT molecular complexity index is 694. The Balaban J connectivity index is 4.28. The van der Waals surface area contributed by atoms with Crippen molar-refractivity contribution in [2.75, 3.05) is 0 Å². The molecule has 0 spiro atoms. The summed E-state index contributed by atoms with van der Waals surface area (Å²) in [4.78, 5) is 10.6. The molecule has 166 valence electrons. The first kappa shape index (κ1) is 27.9. The number of primary amides is 1. The number of allylic oxidation sites excluding steroid dienone is 13. The first-order valence-corrected chi connectivity index (χ1v) is 11.0. The van der Waals surface area contributed by atoms with Gasteiger partial charge in [0.1, 0.15) is 0 Å². The minimum atomic E-state index is -0.464. The van der Waals surface area contributed by atoms with Crippen LogP contribution in [0.4, 0.5) is 0 Å². The summed E-state index contributed by atoms with van der Waals surface area (Å²) in [5.74, 6) is 0.302. The summed E-state index contributed by atoms with van der Waals surface area (Å²) < 4.78 is 0. The van der Waals surface area contributed by atoms with Gasteiger partial charge in [-0.1, -0.05) is 98.7 Å². The minimum absolute atomic E-state index is 0.208. The molecular formula is C26H38ClNO2. The smallest absolute Gasteiger partial charge is 0.241 e. The third-order valence-corrected chi connectivity index (χ3v) is 4.77. The number of hydrogen-bond acceptors (Lipinski definition) is 2. The molecule has 0 aromatic rings. The average molecular weight is 432 g/mol. The summed E-state index contributed by atoms with van der Waals surface area (Å²) in [6.07, 6.45) is 25.5. The molecule has 1 amide bonds. The lowest BCUT2D eigenvalue weighted by molar-refractivity contribution is -0.113. The number of hydrogen-bond donors (Lipinski definition) is 2. The Morgan fingerprint density at radius 3 is 2.27 bits per heavy atom. The summed E-state index contributed by atoms with van der Waals surface area (Å²) in [5, 5.41) is 10.9. The van der Waals surface area contributed by atoms with Crippen molar-refractivity contribution in [2.45, 2.75) is 59.5 Å². The molecule has 0 saturated heterocycles. The highest BCUT2D eigenvalue weighted by Crippen LogP contribution is 2.22. The van der Waals surface area contributed by atoms with E-state index in [0.717, 1.165) is 36.3 Å². The van der Waals surface area contributed by atoms with Crippen molar-refractivity contribution in [3.05, 3.63) is 83.5 Å². The lowest BCUT2D eigenvalue weighted by Crippen LogP contribution is -2.08. The van der Waals surface area contributed by atoms with Gasteiger partial charge in [0.05, 0.1) is 6.10 Å². The third-order valence-electron chi connectivity index (χ3n) is 4.27. The molecule has 3 nitrogen and oxygen atoms in total. The highest BCUT2D eigenvalue weighted by Gasteiger charge is 2.09. The molecule has 0 heterocycles. The van der Waals surface area contributed by atoms with Crippen molar-refractivity contribution >= 4 is 17.5 Å². The van der Waals surface area contributed by atoms with Crippen LogP contribution in [0.2, 0.25) is 0 Å². The third kappa shape index (κ3) is 18.0. The van der Waals surface area contributed by atoms with Crippen LogP contribution in [-0.2, 0) is 4.79 Å². The average Bonchev–Trinajstić information content (AvgIpc) is 2.68. The van der Waals surface area contributed by atoms with Gasteiger partial charge in [-0.3, -0.25) is 4.79 Å². The Hall–Kier alpha value is -2.10. The van der Waals surface area contributed by atoms with Gasteiger partial charge in [0.15, 0.2) is 0 Å². The van der Waals surface area contributed by atoms with E-state index in [-0.39, 0.29) is 12.0 Å². The SMILES string of the molecule is CC(/C=C/C=C/C(N)=O)=C\C=C\C=C(/Cl)C(C)CCC(O)CC/C=C/C=C/C(C)C. The lowest BCUT2D eigenvalue weighted by atomic mass is 10.00. The molecule has 2 atom stereocenters. The van der Waals surface area contributed by atoms with Crippen molar-refractivity contribution in [1.82, 2.24) is 0 Å². The molecular weight excluding hydrogens is 394 g/mol. The van der Waals surface area contributed by atoms with Crippen LogP contribution in [0, 0.1) is 11.8 Å². The van der Waals surface area contributed by atoms with E-state index in [1.165, 1.54) is 6.08 Å². The molecule has 0 aliphatic heterocycles. The predicted molar refractivity (Wildman–Crippen MR) is 131 cm³/mol. The first-order valence-electron chi connectivity index (χ1n) is 10.6. The Labute approximate surface area is 188 Å². The van der Waals surface area contributed by atoms with Gasteiger partial charge in [-0.05, 0) is 50.5 Å². The predicted octanol–water partition coefficient (Wildman–Crippen LogP) is 6.54. The molecule has 0 bridgehead atoms. The fourth-order valence-corrected chi connectivity index (χ4v) is 2.59. The maximum atomic E-state index is 10.6. The van der Waals surface area contributed by atoms with Gasteiger partial charge in [-0.2, -0.15) is 0 Å². The van der Waals surface area contributed by atoms with Crippen LogP contribution >= 0.6 is 11.6 Å². The Morgan fingerprint density at radius 1 is 0.933 bits per heavy atom. The van der Waals surface area contributed by atoms with Crippen molar-refractivity contribution < 1.29 is 9.90 Å². The van der Waals surface area contributed by atoms with E-state index in [1.807, 2.05) is 43.4 Å². The zero-order valence-corrected chi connectivity index (χ0v) is 19.6. The van der Waals surface area contributed by atoms with Crippen LogP contribution in [0.5, 0.6) is 0 Å². The molecule has 2 unspecified atom stereocenters. The van der Waals surface area contributed by atoms with Crippen LogP contribution in [0.15, 0.2) is 83.5 Å². The summed E-state index contributed by atoms with van der Waals surface area (Å²) in [6, 6.07) is 0. The van der Waals surface area contributed by atoms with Gasteiger partial charge in [0.25, 0.3) is 0 Å². The molecule has 0 rings (SSSR count). The van der Waals surface area contributed by atoms with E-state index in [0.29, 0.717) is 5.92 Å². The van der Waals surface area contributed by atoms with Crippen LogP contribution in [0.25, 0.3) is 0 Å². The summed E-state index contributed by atoms with van der Waals surface area (Å²) in [5.41, 5.74) is 6.06. The second-order valence-electron chi connectivity index (χ2n) is 7.73. The zero-order valence-electron chi connectivity index (χ0n) is 18.8. The Kier molecular flexibility index (Phi) is 16.5. The van der Waals surface area contributed by atoms with Crippen molar-refractivity contribution in [1.29, 1.82) is 0 Å². The number of carbonyl (C=O) groups is 1. The second-order valence-corrected chi connectivity index (χ2v) is 8.17. The van der Waals surface area contributed by atoms with E-state index >= 15 is 0 Å². The first-order chi connectivity index (χ1) is 14.2. The minimum Gasteiger partial charge on any atom is -0.393 e. The summed E-state index contributed by atoms with van der Waals surface area (Å²) in [7, 11) is 0. The van der Waals surface area contributed by atoms with Gasteiger partial charge in [0.2, 0.25) is 5.91 Å². The maximum absolute atomic E-state index is 10.6. The molecule has 0 fully saturated rings. The zero-order chi connectivity index (χ0) is 22.8. The van der Waals surface area contributed by atoms with Crippen LogP contribution in [-0.4, -0.2) is 17.1 Å². The molecule has 0 saturated carbocycles. The molecule has 4 heteroatoms. The molecule has 0 aromatic carbocycles. The van der Waals surface area contributed by atoms with Gasteiger partial charge in [-0.25, -0.2) is 0 Å². The van der Waals surface area contributed by atoms with E-state index in [9.17, 15) is 9.90 Å². The number of aliphatic hydroxyl groups excluding tert-OH is 1. The highest BCUT2D eigenvalue weighted by atomic mass is 35.5. The van der Waals surface area contributed by atoms with E-state index in [1.54, 1.807) is 12.2 Å². The second kappa shape index (κ2) is 17.7. The molecule has 30 heavy (non-hydrogen) atoms. The van der Waals surface area contributed by atoms with Crippen molar-refractivity contribution in [3.63, 3.8) is 0 Å². The van der Waals surface area contributed by atoms with Gasteiger partial charge >= 0.3 is 0 Å². The Morgan fingerprint density at radius 2 is 1.60 bits per heavy atom. The van der Waals surface area contributed by atoms with E-state index in [4.69, 9.17) is 17.3 Å². The molecule has 0 aliphatic carbocycles. The van der Waals surface area contributed by atoms with Gasteiger partial charge in [0, 0.05) is 11.1 Å². The molecule has 0 aromatic heterocycles. The summed E-state index contributed by atoms with van der Waals surface area (Å²) in [6.45, 7) is 8.33. The molecule has 0 aliphatic rings. The van der Waals surface area contributed by atoms with E-state index in [2.05, 4.69) is 39.0 Å². The fourth-order valence-electron chi connectivity index (χ4n) is 2.41. The van der Waals surface area contributed by atoms with E-state index < -0.39 is 5.91 Å². The number of halogens is 1. The topological polar surface area (TPSA) is 63.3 Å². The highest BCUT2D eigenvalue weighted by molar-refractivity contribution is 6.29. The molecule has 0 radical (unpaired) electrons. The number of amides is 1. The lowest BCUT2D eigenvalue weighted by Gasteiger charge is -2.13. The van der Waals surface area contributed by atoms with Crippen LogP contribution in [0.1, 0.15) is 53.4 Å². The number of rotatable bonds is 14. The van der Waals surface area contributed by atoms with Gasteiger partial charge in [-0.15, -0.1) is 0 Å². The fraction of sp³-hybridized carbons (Fsp3) is 0.423. The standard InChI is InChI=1S/C26H38ClNO2/c1-21(2)13-7-5-6-8-16-24(29)20-19-23(4)25(27)17-11-9-14-22(3)15-10-12-18-26(28)30/h5-7,9-15,17-18,21,23-24,29H,8,16,19-20H2,1-4H3,(H2,28,30)/b6-5+,11-9+,13-7+,15-10+,18-12+,22-14+,25-17-. The van der Waals surface area contributed by atoms with Crippen molar-refractivity contribution in [3.8, 4) is 0 Å².